The Balaban J connectivity index is 1.20. The number of fused-ring (bicyclic) bond motifs is 4. The summed E-state index contributed by atoms with van der Waals surface area (Å²) in [6.07, 6.45) is 5.37. The summed E-state index contributed by atoms with van der Waals surface area (Å²) in [4.78, 5) is 29.4. The number of imidazole rings is 1. The van der Waals surface area contributed by atoms with Gasteiger partial charge in [0.2, 0.25) is 21.5 Å². The average Bonchev–Trinajstić information content (AvgIpc) is 3.89. The van der Waals surface area contributed by atoms with Crippen LogP contribution in [0.15, 0.2) is 78.3 Å². The summed E-state index contributed by atoms with van der Waals surface area (Å²) in [6.45, 7) is 24.4. The first-order valence-electron chi connectivity index (χ1n) is 21.0. The molecule has 2 aromatic heterocycles. The number of amides is 2. The molecule has 336 valence electrons. The Labute approximate surface area is 373 Å². The van der Waals surface area contributed by atoms with Gasteiger partial charge < -0.3 is 9.08 Å². The number of likely N-dealkylation sites (N-methyl/N-ethyl adjacent to an activating group) is 1. The van der Waals surface area contributed by atoms with Crippen LogP contribution in [0, 0.1) is 24.7 Å². The Morgan fingerprint density at radius 1 is 0.952 bits per heavy atom. The number of rotatable bonds is 14. The lowest BCUT2D eigenvalue weighted by molar-refractivity contribution is 0.245. The Morgan fingerprint density at radius 2 is 1.67 bits per heavy atom. The lowest BCUT2D eigenvalue weighted by Gasteiger charge is -2.47. The minimum absolute atomic E-state index is 0.108. The van der Waals surface area contributed by atoms with Crippen LogP contribution in [-0.4, -0.2) is 74.7 Å². The molecule has 0 saturated carbocycles. The van der Waals surface area contributed by atoms with Gasteiger partial charge in [-0.05, 0) is 103 Å². The van der Waals surface area contributed by atoms with Crippen molar-refractivity contribution in [3.05, 3.63) is 95.7 Å². The summed E-state index contributed by atoms with van der Waals surface area (Å²) in [7, 11) is -3.34. The molecule has 4 heterocycles. The molecule has 2 unspecified atom stereocenters. The van der Waals surface area contributed by atoms with Crippen LogP contribution in [0.5, 0.6) is 5.75 Å². The number of hydrogen-bond acceptors (Lipinski definition) is 10. The Bertz CT molecular complexity index is 2710. The number of aryl methyl sites for hydroxylation is 2. The van der Waals surface area contributed by atoms with Gasteiger partial charge >= 0.3 is 17.3 Å². The van der Waals surface area contributed by atoms with Gasteiger partial charge in [-0.1, -0.05) is 67.5 Å². The number of hydrogen-bond donors (Lipinski definition) is 3. The van der Waals surface area contributed by atoms with E-state index in [9.17, 15) is 17.4 Å². The zero-order valence-electron chi connectivity index (χ0n) is 38.2. The molecular weight excluding hydrogens is 839 g/mol. The molecule has 0 bridgehead atoms. The van der Waals surface area contributed by atoms with Crippen molar-refractivity contribution in [3.63, 3.8) is 0 Å². The van der Waals surface area contributed by atoms with Gasteiger partial charge in [-0.15, -0.1) is 9.89 Å². The number of urea groups is 1. The molecule has 7 rings (SSSR count). The third-order valence-electron chi connectivity index (χ3n) is 11.3. The van der Waals surface area contributed by atoms with E-state index in [4.69, 9.17) is 19.4 Å². The highest BCUT2D eigenvalue weighted by atomic mass is 32.2. The first-order valence-corrected chi connectivity index (χ1v) is 24.0. The maximum absolute atomic E-state index is 14.6. The van der Waals surface area contributed by atoms with E-state index < -0.39 is 38.4 Å². The second-order valence-electron chi connectivity index (χ2n) is 19.2. The van der Waals surface area contributed by atoms with Crippen LogP contribution < -0.4 is 28.7 Å². The van der Waals surface area contributed by atoms with Gasteiger partial charge in [0.15, 0.2) is 5.82 Å². The minimum Gasteiger partial charge on any atom is -0.385 e. The summed E-state index contributed by atoms with van der Waals surface area (Å²) in [5.41, 5.74) is 4.16. The maximum atomic E-state index is 14.6. The number of sulfonamides is 1. The number of aromatic nitrogens is 5. The second-order valence-corrected chi connectivity index (χ2v) is 21.9. The fraction of sp³-hybridized carbons (Fsp3) is 0.444. The normalized spacial score (nSPS) is 17.0. The molecule has 3 N–H and O–H groups in total. The Morgan fingerprint density at radius 3 is 2.30 bits per heavy atom. The molecule has 2 aliphatic rings. The van der Waals surface area contributed by atoms with Crippen molar-refractivity contribution in [2.24, 2.45) is 15.9 Å². The standard InChI is InChI=1S/C45H59N11O5S2/c1-13-53(23-22-47-63(12,59)60)34-20-21-35(30(3)24-34)55-41(57)48-37-26-46-28-54(37)45(55)39(43(7,8)9)51-56-40(45)49-38(50-56)31-15-18-33(19-16-31)52-62(58)61-36-25-32(17-14-29(36)2)44(10,11)27-42(4,5)6/h14-21,24-26,28,47,52H,13,22-23,27H2,1-12H3,(H,48,57). The molecule has 2 aliphatic heterocycles. The molecule has 0 fully saturated rings. The van der Waals surface area contributed by atoms with Crippen molar-refractivity contribution in [1.82, 2.24) is 29.1 Å². The average molecular weight is 898 g/mol. The molecule has 2 atom stereocenters. The van der Waals surface area contributed by atoms with Gasteiger partial charge in [-0.2, -0.15) is 9.31 Å². The second kappa shape index (κ2) is 16.5. The fourth-order valence-electron chi connectivity index (χ4n) is 8.78. The highest BCUT2D eigenvalue weighted by molar-refractivity contribution is 7.88. The van der Waals surface area contributed by atoms with Crippen LogP contribution >= 0.6 is 0 Å². The van der Waals surface area contributed by atoms with E-state index in [1.54, 1.807) is 29.6 Å². The van der Waals surface area contributed by atoms with Gasteiger partial charge in [-0.3, -0.25) is 19.5 Å². The first-order chi connectivity index (χ1) is 29.4. The van der Waals surface area contributed by atoms with Crippen LogP contribution in [0.2, 0.25) is 0 Å². The molecule has 3 aromatic carbocycles. The zero-order valence-corrected chi connectivity index (χ0v) is 39.8. The summed E-state index contributed by atoms with van der Waals surface area (Å²) in [5.74, 6) is 1.79. The van der Waals surface area contributed by atoms with Crippen LogP contribution in [0.25, 0.3) is 11.4 Å². The van der Waals surface area contributed by atoms with Gasteiger partial charge in [-0.25, -0.2) is 27.9 Å². The van der Waals surface area contributed by atoms with Crippen molar-refractivity contribution >= 4 is 55.9 Å². The maximum Gasteiger partial charge on any atom is 0.330 e. The number of carbonyl (C=O) groups is 1. The van der Waals surface area contributed by atoms with Crippen LogP contribution in [0.1, 0.15) is 91.2 Å². The van der Waals surface area contributed by atoms with E-state index >= 15 is 0 Å². The van der Waals surface area contributed by atoms with E-state index in [1.807, 2.05) is 88.6 Å². The van der Waals surface area contributed by atoms with Gasteiger partial charge in [0.1, 0.15) is 17.3 Å². The van der Waals surface area contributed by atoms with Crippen molar-refractivity contribution in [1.29, 1.82) is 0 Å². The van der Waals surface area contributed by atoms with Crippen LogP contribution in [0.4, 0.5) is 27.7 Å². The molecule has 5 aromatic rings. The van der Waals surface area contributed by atoms with Gasteiger partial charge in [0.05, 0.1) is 24.5 Å². The Hall–Kier alpha value is -5.59. The molecule has 1 spiro atoms. The predicted molar refractivity (Wildman–Crippen MR) is 251 cm³/mol. The van der Waals surface area contributed by atoms with Gasteiger partial charge in [0.25, 0.3) is 0 Å². The molecule has 0 saturated heterocycles. The highest BCUT2D eigenvalue weighted by Crippen LogP contribution is 2.49. The summed E-state index contributed by atoms with van der Waals surface area (Å²) in [6, 6.07) is 18.7. The number of nitrogens with one attached hydrogen (secondary N) is 3. The van der Waals surface area contributed by atoms with E-state index in [2.05, 4.69) is 65.3 Å². The summed E-state index contributed by atoms with van der Waals surface area (Å²) in [5, 5.41) is 13.0. The topological polar surface area (TPSA) is 181 Å². The molecule has 0 radical (unpaired) electrons. The highest BCUT2D eigenvalue weighted by Gasteiger charge is 2.61. The largest absolute Gasteiger partial charge is 0.385 e. The van der Waals surface area contributed by atoms with Crippen LogP contribution in [0.3, 0.4) is 0 Å². The molecule has 18 heteroatoms. The third-order valence-corrected chi connectivity index (χ3v) is 12.7. The van der Waals surface area contributed by atoms with Crippen molar-refractivity contribution < 1.29 is 21.6 Å². The molecule has 2 amide bonds. The molecule has 16 nitrogen and oxygen atoms in total. The van der Waals surface area contributed by atoms with Crippen molar-refractivity contribution in [3.8, 4) is 17.1 Å². The monoisotopic (exact) mass is 897 g/mol. The van der Waals surface area contributed by atoms with E-state index in [0.717, 1.165) is 35.1 Å². The minimum atomic E-state index is -3.34. The number of carbonyl (C=O) groups excluding carboxylic acids is 1. The van der Waals surface area contributed by atoms with Crippen molar-refractivity contribution in [2.75, 3.05) is 45.7 Å². The number of nitrogens with zero attached hydrogens (tertiary/aromatic N) is 8. The van der Waals surface area contributed by atoms with E-state index in [-0.39, 0.29) is 17.4 Å². The Kier molecular flexibility index (Phi) is 11.9. The summed E-state index contributed by atoms with van der Waals surface area (Å²) < 4.78 is 50.2. The third kappa shape index (κ3) is 9.11. The quantitative estimate of drug-likeness (QED) is 0.0998. The fourth-order valence-corrected chi connectivity index (χ4v) is 9.96. The first kappa shape index (κ1) is 45.4. The molecular formula is C45H59N11O5S2. The van der Waals surface area contributed by atoms with Gasteiger partial charge in [0, 0.05) is 42.0 Å². The molecule has 63 heavy (non-hydrogen) atoms. The van der Waals surface area contributed by atoms with E-state index in [1.165, 1.54) is 4.79 Å². The van der Waals surface area contributed by atoms with E-state index in [0.29, 0.717) is 59.0 Å². The van der Waals surface area contributed by atoms with Crippen molar-refractivity contribution in [2.45, 2.75) is 93.7 Å². The zero-order chi connectivity index (χ0) is 45.9. The number of anilines is 4. The predicted octanol–water partition coefficient (Wildman–Crippen LogP) is 7.93. The lowest BCUT2D eigenvalue weighted by Crippen LogP contribution is -2.65. The number of benzene rings is 3. The summed E-state index contributed by atoms with van der Waals surface area (Å²) >= 11 is -1.89. The van der Waals surface area contributed by atoms with Crippen LogP contribution in [-0.2, 0) is 32.4 Å². The lowest BCUT2D eigenvalue weighted by atomic mass is 9.72. The SMILES string of the molecule is CCN(CCNS(C)(=O)=O)c1ccc(N2C(=O)Nc3cncn3C23C(C(C)(C)C)=Nn2nc(-c4ccc(NS(=O)Oc5cc(C(C)(C)CC(C)(C)C)ccc5C)cc4)nc23)c(C)c1. The smallest absolute Gasteiger partial charge is 0.330 e. The molecule has 0 aliphatic carbocycles.